The zero-order chi connectivity index (χ0) is 38.2. The van der Waals surface area contributed by atoms with E-state index in [1.165, 1.54) is 52.1 Å². The number of aromatic nitrogens is 2. The van der Waals surface area contributed by atoms with Gasteiger partial charge in [-0.05, 0) is 70.2 Å². The number of aryl methyl sites for hydroxylation is 1. The van der Waals surface area contributed by atoms with Gasteiger partial charge in [-0.3, -0.25) is 9.59 Å². The Morgan fingerprint density at radius 1 is 1.02 bits per heavy atom. The Hall–Kier alpha value is -5.98. The zero-order valence-corrected chi connectivity index (χ0v) is 29.1. The van der Waals surface area contributed by atoms with Gasteiger partial charge in [0.2, 0.25) is 11.5 Å². The number of nitrogens with zero attached hydrogens (tertiary/aromatic N) is 6. The number of imide groups is 1. The van der Waals surface area contributed by atoms with Crippen LogP contribution in [0.1, 0.15) is 52.7 Å². The molecule has 15 nitrogen and oxygen atoms in total. The van der Waals surface area contributed by atoms with Crippen molar-refractivity contribution in [3.8, 4) is 16.9 Å². The summed E-state index contributed by atoms with van der Waals surface area (Å²) < 4.78 is 74.4. The number of hydrogen-bond donors (Lipinski definition) is 1. The van der Waals surface area contributed by atoms with Crippen molar-refractivity contribution in [2.75, 3.05) is 13.7 Å². The SMILES string of the molecule is Cc1ccc(-c2cc(C(F)(F)F)nn2-c2ccc(S(=O)(=O)NC(=O)OCC(C)(C)N(C)/[N+]([O-])=N/OC(C)N3C(=O)c4ccccc4C3=O)cc2)cc1. The summed E-state index contributed by atoms with van der Waals surface area (Å²) in [6.45, 7) is 5.56. The molecule has 52 heavy (non-hydrogen) atoms. The Morgan fingerprint density at radius 3 is 2.15 bits per heavy atom. The fraction of sp³-hybridized carbons (Fsp3) is 0.273. The quantitative estimate of drug-likeness (QED) is 0.0900. The molecule has 19 heteroatoms. The minimum Gasteiger partial charge on any atom is -0.569 e. The van der Waals surface area contributed by atoms with E-state index in [4.69, 9.17) is 9.57 Å². The largest absolute Gasteiger partial charge is 0.569 e. The van der Waals surface area contributed by atoms with Crippen LogP contribution in [-0.2, 0) is 25.8 Å². The summed E-state index contributed by atoms with van der Waals surface area (Å²) in [5.41, 5.74) is -0.514. The molecule has 0 fully saturated rings. The van der Waals surface area contributed by atoms with Gasteiger partial charge in [0.1, 0.15) is 12.1 Å². The third-order valence-electron chi connectivity index (χ3n) is 8.10. The molecule has 0 bridgehead atoms. The molecule has 0 aliphatic carbocycles. The van der Waals surface area contributed by atoms with E-state index in [1.807, 2.05) is 6.92 Å². The number of likely N-dealkylation sites (N-methyl/N-ethyl adjacent to an activating group) is 1. The molecular weight excluding hydrogens is 711 g/mol. The molecule has 1 N–H and O–H groups in total. The number of alkyl halides is 3. The van der Waals surface area contributed by atoms with Crippen LogP contribution >= 0.6 is 0 Å². The van der Waals surface area contributed by atoms with E-state index in [0.29, 0.717) is 5.56 Å². The van der Waals surface area contributed by atoms with Gasteiger partial charge in [0.25, 0.3) is 21.8 Å². The number of amides is 3. The first-order chi connectivity index (χ1) is 24.3. The molecule has 0 radical (unpaired) electrons. The molecule has 1 aromatic heterocycles. The predicted octanol–water partition coefficient (Wildman–Crippen LogP) is 5.44. The van der Waals surface area contributed by atoms with E-state index >= 15 is 0 Å². The summed E-state index contributed by atoms with van der Waals surface area (Å²) in [5.74, 6) is -1.24. The number of benzene rings is 3. The molecule has 1 atom stereocenters. The lowest BCUT2D eigenvalue weighted by atomic mass is 10.1. The van der Waals surface area contributed by atoms with Crippen LogP contribution in [0.25, 0.3) is 16.9 Å². The first-order valence-electron chi connectivity index (χ1n) is 15.4. The molecule has 0 saturated heterocycles. The summed E-state index contributed by atoms with van der Waals surface area (Å²) >= 11 is 0. The van der Waals surface area contributed by atoms with E-state index in [2.05, 4.69) is 10.4 Å². The number of fused-ring (bicyclic) bond motifs is 1. The number of ether oxygens (including phenoxy) is 1. The van der Waals surface area contributed by atoms with Gasteiger partial charge >= 0.3 is 12.3 Å². The maximum Gasteiger partial charge on any atom is 0.435 e. The van der Waals surface area contributed by atoms with Crippen LogP contribution < -0.4 is 4.72 Å². The molecule has 3 aromatic carbocycles. The van der Waals surface area contributed by atoms with Crippen LogP contribution in [-0.4, -0.2) is 76.4 Å². The Balaban J connectivity index is 1.20. The number of rotatable bonds is 11. The van der Waals surface area contributed by atoms with Crippen LogP contribution in [0.4, 0.5) is 18.0 Å². The standard InChI is InChI=1S/C33H32F3N7O8S/c1-20-10-12-22(13-11-20)27-18-28(33(34,35)36)37-42(27)23-14-16-24(17-15-23)52(48,49)38-31(46)50-19-32(3,4)40(5)43(47)39-51-21(2)41-29(44)25-8-6-7-9-26(25)30(41)45/h6-18,21H,19H2,1-5H3,(H,38,46)/b43-39-. The van der Waals surface area contributed by atoms with Crippen LogP contribution in [0.15, 0.2) is 89.0 Å². The summed E-state index contributed by atoms with van der Waals surface area (Å²) in [6.07, 6.45) is -7.38. The normalized spacial score (nSPS) is 14.2. The summed E-state index contributed by atoms with van der Waals surface area (Å²) in [5, 5.41) is 20.7. The number of hydrogen-bond acceptors (Lipinski definition) is 10. The van der Waals surface area contributed by atoms with Crippen molar-refractivity contribution in [3.63, 3.8) is 0 Å². The lowest BCUT2D eigenvalue weighted by molar-refractivity contribution is -0.722. The van der Waals surface area contributed by atoms with Gasteiger partial charge in [0.15, 0.2) is 5.69 Å². The van der Waals surface area contributed by atoms with E-state index < -0.39 is 63.1 Å². The van der Waals surface area contributed by atoms with Crippen LogP contribution in [0.5, 0.6) is 0 Å². The number of carbonyl (C=O) groups is 3. The average Bonchev–Trinajstić information content (AvgIpc) is 3.66. The molecule has 1 unspecified atom stereocenters. The molecule has 4 aromatic rings. The number of halogens is 3. The molecule has 5 rings (SSSR count). The lowest BCUT2D eigenvalue weighted by Crippen LogP contribution is -2.49. The molecule has 0 saturated carbocycles. The van der Waals surface area contributed by atoms with Crippen molar-refractivity contribution in [1.82, 2.24) is 24.4 Å². The second-order valence-corrected chi connectivity index (χ2v) is 13.9. The van der Waals surface area contributed by atoms with Crippen molar-refractivity contribution in [2.45, 2.75) is 50.5 Å². The van der Waals surface area contributed by atoms with Gasteiger partial charge in [0, 0.05) is 5.56 Å². The summed E-state index contributed by atoms with van der Waals surface area (Å²) in [7, 11) is -3.25. The highest BCUT2D eigenvalue weighted by atomic mass is 32.2. The van der Waals surface area contributed by atoms with E-state index in [1.54, 1.807) is 41.1 Å². The number of hydrazine groups is 1. The number of carbonyl (C=O) groups excluding carboxylic acids is 3. The fourth-order valence-corrected chi connectivity index (χ4v) is 5.82. The molecule has 1 aliphatic rings. The zero-order valence-electron chi connectivity index (χ0n) is 28.3. The third kappa shape index (κ3) is 7.68. The van der Waals surface area contributed by atoms with E-state index in [0.717, 1.165) is 38.4 Å². The topological polar surface area (TPSA) is 179 Å². The molecule has 274 valence electrons. The van der Waals surface area contributed by atoms with Crippen molar-refractivity contribution >= 4 is 27.9 Å². The lowest BCUT2D eigenvalue weighted by Gasteiger charge is -2.30. The van der Waals surface area contributed by atoms with Gasteiger partial charge in [-0.1, -0.05) is 42.0 Å². The number of sulfonamides is 1. The highest BCUT2D eigenvalue weighted by molar-refractivity contribution is 7.90. The maximum atomic E-state index is 13.6. The van der Waals surface area contributed by atoms with Gasteiger partial charge in [0.05, 0.1) is 39.4 Å². The predicted molar refractivity (Wildman–Crippen MR) is 176 cm³/mol. The van der Waals surface area contributed by atoms with Crippen LogP contribution in [0.3, 0.4) is 0 Å². The van der Waals surface area contributed by atoms with Crippen molar-refractivity contribution in [1.29, 1.82) is 0 Å². The highest BCUT2D eigenvalue weighted by Gasteiger charge is 2.40. The van der Waals surface area contributed by atoms with E-state index in [-0.39, 0.29) is 27.5 Å². The van der Waals surface area contributed by atoms with Crippen LogP contribution in [0.2, 0.25) is 0 Å². The minimum absolute atomic E-state index is 0.00422. The summed E-state index contributed by atoms with van der Waals surface area (Å²) in [4.78, 5) is 43.4. The Bertz CT molecular complexity index is 2120. The second-order valence-electron chi connectivity index (χ2n) is 12.3. The first-order valence-corrected chi connectivity index (χ1v) is 16.9. The maximum absolute atomic E-state index is 13.6. The van der Waals surface area contributed by atoms with Crippen LogP contribution in [0, 0.1) is 12.1 Å². The molecule has 1 aliphatic heterocycles. The fourth-order valence-electron chi connectivity index (χ4n) is 4.93. The van der Waals surface area contributed by atoms with Gasteiger partial charge in [-0.2, -0.15) is 18.3 Å². The average molecular weight is 744 g/mol. The van der Waals surface area contributed by atoms with Gasteiger partial charge < -0.3 is 14.8 Å². The Labute approximate surface area is 295 Å². The van der Waals surface area contributed by atoms with Gasteiger partial charge in [-0.25, -0.2) is 27.5 Å². The molecule has 0 spiro atoms. The van der Waals surface area contributed by atoms with Crippen molar-refractivity contribution < 1.29 is 50.5 Å². The summed E-state index contributed by atoms with van der Waals surface area (Å²) in [6, 6.07) is 18.4. The highest BCUT2D eigenvalue weighted by Crippen LogP contribution is 2.33. The second kappa shape index (κ2) is 14.0. The molecule has 3 amide bonds. The van der Waals surface area contributed by atoms with Crippen molar-refractivity contribution in [2.24, 2.45) is 5.28 Å². The minimum atomic E-state index is -4.74. The third-order valence-corrected chi connectivity index (χ3v) is 9.43. The van der Waals surface area contributed by atoms with E-state index in [9.17, 15) is 41.2 Å². The monoisotopic (exact) mass is 743 g/mol. The Morgan fingerprint density at radius 2 is 1.60 bits per heavy atom. The van der Waals surface area contributed by atoms with Gasteiger partial charge in [-0.15, -0.1) is 5.01 Å². The smallest absolute Gasteiger partial charge is 0.435 e. The molecular formula is C33H32F3N7O8S. The van der Waals surface area contributed by atoms with Crippen molar-refractivity contribution in [3.05, 3.63) is 106 Å². The Kier molecular flexibility index (Phi) is 10.0. The number of nitrogens with one attached hydrogen (secondary N) is 1. The molecule has 2 heterocycles. The first kappa shape index (κ1) is 37.3.